The highest BCUT2D eigenvalue weighted by Gasteiger charge is 2.27. The predicted octanol–water partition coefficient (Wildman–Crippen LogP) is 3.11. The first kappa shape index (κ1) is 20.9. The molecular weight excluding hydrogens is 398 g/mol. The SMILES string of the molecule is CCC(=O)N1CCc2cc(S(=O)(=O)NCCCN3c4ccccc4CC3C)ccc21. The Morgan fingerprint density at radius 2 is 1.93 bits per heavy atom. The second kappa shape index (κ2) is 8.40. The van der Waals surface area contributed by atoms with Crippen LogP contribution >= 0.6 is 0 Å². The van der Waals surface area contributed by atoms with Crippen LogP contribution in [-0.2, 0) is 27.7 Å². The summed E-state index contributed by atoms with van der Waals surface area (Å²) in [5.74, 6) is 0.0696. The van der Waals surface area contributed by atoms with Crippen molar-refractivity contribution < 1.29 is 13.2 Å². The molecule has 1 amide bonds. The number of carbonyl (C=O) groups is 1. The Bertz CT molecular complexity index is 1050. The van der Waals surface area contributed by atoms with Crippen LogP contribution in [0, 0.1) is 0 Å². The Morgan fingerprint density at radius 3 is 2.73 bits per heavy atom. The molecule has 0 saturated heterocycles. The highest BCUT2D eigenvalue weighted by molar-refractivity contribution is 7.89. The molecule has 2 aromatic rings. The van der Waals surface area contributed by atoms with Gasteiger partial charge in [-0.05, 0) is 61.6 Å². The molecule has 6 nitrogen and oxygen atoms in total. The third-order valence-electron chi connectivity index (χ3n) is 6.08. The molecule has 1 N–H and O–H groups in total. The number of para-hydroxylation sites is 1. The quantitative estimate of drug-likeness (QED) is 0.690. The van der Waals surface area contributed by atoms with E-state index in [1.54, 1.807) is 23.1 Å². The number of fused-ring (bicyclic) bond motifs is 2. The summed E-state index contributed by atoms with van der Waals surface area (Å²) in [5.41, 5.74) is 4.38. The molecule has 1 atom stereocenters. The number of nitrogens with one attached hydrogen (secondary N) is 1. The molecule has 2 heterocycles. The van der Waals surface area contributed by atoms with E-state index in [0.29, 0.717) is 32.0 Å². The van der Waals surface area contributed by atoms with Gasteiger partial charge in [-0.1, -0.05) is 25.1 Å². The summed E-state index contributed by atoms with van der Waals surface area (Å²) >= 11 is 0. The first-order valence-electron chi connectivity index (χ1n) is 10.7. The molecule has 0 fully saturated rings. The van der Waals surface area contributed by atoms with Crippen LogP contribution in [-0.4, -0.2) is 40.0 Å². The van der Waals surface area contributed by atoms with E-state index in [4.69, 9.17) is 0 Å². The average Bonchev–Trinajstić information content (AvgIpc) is 3.30. The summed E-state index contributed by atoms with van der Waals surface area (Å²) in [6.07, 6.45) is 2.91. The Balaban J connectivity index is 1.36. The highest BCUT2D eigenvalue weighted by Crippen LogP contribution is 2.32. The van der Waals surface area contributed by atoms with Crippen molar-refractivity contribution in [2.24, 2.45) is 0 Å². The summed E-state index contributed by atoms with van der Waals surface area (Å²) in [5, 5.41) is 0. The molecule has 160 valence electrons. The fraction of sp³-hybridized carbons (Fsp3) is 0.435. The number of rotatable bonds is 7. The van der Waals surface area contributed by atoms with Crippen molar-refractivity contribution in [2.45, 2.75) is 50.5 Å². The number of sulfonamides is 1. The van der Waals surface area contributed by atoms with E-state index in [9.17, 15) is 13.2 Å². The van der Waals surface area contributed by atoms with E-state index in [1.807, 2.05) is 6.92 Å². The van der Waals surface area contributed by atoms with Crippen molar-refractivity contribution in [1.29, 1.82) is 0 Å². The molecule has 0 saturated carbocycles. The van der Waals surface area contributed by atoms with E-state index in [1.165, 1.54) is 11.3 Å². The van der Waals surface area contributed by atoms with Crippen LogP contribution in [0.25, 0.3) is 0 Å². The molecular formula is C23H29N3O3S. The van der Waals surface area contributed by atoms with Crippen molar-refractivity contribution in [3.05, 3.63) is 53.6 Å². The largest absolute Gasteiger partial charge is 0.368 e. The van der Waals surface area contributed by atoms with Crippen LogP contribution in [0.3, 0.4) is 0 Å². The Kier molecular flexibility index (Phi) is 5.84. The number of amides is 1. The van der Waals surface area contributed by atoms with E-state index in [-0.39, 0.29) is 10.8 Å². The van der Waals surface area contributed by atoms with Crippen molar-refractivity contribution >= 4 is 27.3 Å². The zero-order valence-electron chi connectivity index (χ0n) is 17.6. The third kappa shape index (κ3) is 3.96. The fourth-order valence-electron chi connectivity index (χ4n) is 4.50. The first-order chi connectivity index (χ1) is 14.4. The Hall–Kier alpha value is -2.38. The molecule has 1 unspecified atom stereocenters. The first-order valence-corrected chi connectivity index (χ1v) is 12.2. The van der Waals surface area contributed by atoms with Gasteiger partial charge in [0.1, 0.15) is 0 Å². The number of hydrogen-bond acceptors (Lipinski definition) is 4. The molecule has 2 aliphatic heterocycles. The van der Waals surface area contributed by atoms with Gasteiger partial charge in [-0.3, -0.25) is 4.79 Å². The maximum absolute atomic E-state index is 12.8. The van der Waals surface area contributed by atoms with E-state index in [0.717, 1.165) is 30.6 Å². The Labute approximate surface area is 178 Å². The summed E-state index contributed by atoms with van der Waals surface area (Å²) in [6.45, 7) is 5.88. The van der Waals surface area contributed by atoms with Gasteiger partial charge in [0.2, 0.25) is 15.9 Å². The molecule has 2 aliphatic rings. The molecule has 0 spiro atoms. The molecule has 2 aromatic carbocycles. The molecule has 0 bridgehead atoms. The summed E-state index contributed by atoms with van der Waals surface area (Å²) in [6, 6.07) is 13.9. The van der Waals surface area contributed by atoms with Gasteiger partial charge in [-0.25, -0.2) is 13.1 Å². The number of carbonyl (C=O) groups excluding carboxylic acids is 1. The van der Waals surface area contributed by atoms with Crippen LogP contribution in [0.15, 0.2) is 47.4 Å². The van der Waals surface area contributed by atoms with Crippen molar-refractivity contribution in [3.8, 4) is 0 Å². The monoisotopic (exact) mass is 427 g/mol. The van der Waals surface area contributed by atoms with Gasteiger partial charge in [0.25, 0.3) is 0 Å². The number of benzene rings is 2. The molecule has 30 heavy (non-hydrogen) atoms. The summed E-state index contributed by atoms with van der Waals surface area (Å²) in [7, 11) is -3.57. The maximum atomic E-state index is 12.8. The normalized spacial score (nSPS) is 17.9. The van der Waals surface area contributed by atoms with Crippen molar-refractivity contribution in [3.63, 3.8) is 0 Å². The highest BCUT2D eigenvalue weighted by atomic mass is 32.2. The smallest absolute Gasteiger partial charge is 0.240 e. The lowest BCUT2D eigenvalue weighted by atomic mass is 10.1. The predicted molar refractivity (Wildman–Crippen MR) is 120 cm³/mol. The Morgan fingerprint density at radius 1 is 1.13 bits per heavy atom. The second-order valence-electron chi connectivity index (χ2n) is 8.07. The molecule has 4 rings (SSSR count). The number of nitrogens with zero attached hydrogens (tertiary/aromatic N) is 2. The second-order valence-corrected chi connectivity index (χ2v) is 9.83. The minimum atomic E-state index is -3.57. The molecule has 0 aromatic heterocycles. The van der Waals surface area contributed by atoms with Gasteiger partial charge in [0.05, 0.1) is 4.90 Å². The van der Waals surface area contributed by atoms with Crippen LogP contribution in [0.4, 0.5) is 11.4 Å². The van der Waals surface area contributed by atoms with Crippen molar-refractivity contribution in [2.75, 3.05) is 29.4 Å². The zero-order valence-corrected chi connectivity index (χ0v) is 18.4. The number of anilines is 2. The van der Waals surface area contributed by atoms with Crippen LogP contribution in [0.5, 0.6) is 0 Å². The molecule has 7 heteroatoms. The van der Waals surface area contributed by atoms with Crippen LogP contribution in [0.2, 0.25) is 0 Å². The molecule has 0 radical (unpaired) electrons. The fourth-order valence-corrected chi connectivity index (χ4v) is 5.63. The van der Waals surface area contributed by atoms with Gasteiger partial charge in [-0.15, -0.1) is 0 Å². The van der Waals surface area contributed by atoms with Gasteiger partial charge in [-0.2, -0.15) is 0 Å². The van der Waals surface area contributed by atoms with E-state index in [2.05, 4.69) is 40.8 Å². The minimum absolute atomic E-state index is 0.0696. The maximum Gasteiger partial charge on any atom is 0.240 e. The number of hydrogen-bond donors (Lipinski definition) is 1. The van der Waals surface area contributed by atoms with E-state index >= 15 is 0 Å². The lowest BCUT2D eigenvalue weighted by molar-refractivity contribution is -0.118. The lowest BCUT2D eigenvalue weighted by Gasteiger charge is -2.25. The van der Waals surface area contributed by atoms with Crippen LogP contribution < -0.4 is 14.5 Å². The lowest BCUT2D eigenvalue weighted by Crippen LogP contribution is -2.33. The average molecular weight is 428 g/mol. The standard InChI is InChI=1S/C23H29N3O3S/c1-3-23(27)26-14-11-19-16-20(9-10-22(19)26)30(28,29)24-12-6-13-25-17(2)15-18-7-4-5-8-21(18)25/h4-5,7-10,16-17,24H,3,6,11-15H2,1-2H3. The molecule has 0 aliphatic carbocycles. The van der Waals surface area contributed by atoms with Gasteiger partial charge in [0, 0.05) is 43.5 Å². The van der Waals surface area contributed by atoms with Crippen molar-refractivity contribution in [1.82, 2.24) is 4.72 Å². The van der Waals surface area contributed by atoms with Gasteiger partial charge < -0.3 is 9.80 Å². The third-order valence-corrected chi connectivity index (χ3v) is 7.54. The van der Waals surface area contributed by atoms with Gasteiger partial charge in [0.15, 0.2) is 0 Å². The summed E-state index contributed by atoms with van der Waals surface area (Å²) < 4.78 is 28.3. The van der Waals surface area contributed by atoms with Crippen LogP contribution in [0.1, 0.15) is 37.8 Å². The topological polar surface area (TPSA) is 69.7 Å². The van der Waals surface area contributed by atoms with E-state index < -0.39 is 10.0 Å². The summed E-state index contributed by atoms with van der Waals surface area (Å²) in [4.78, 5) is 16.4. The van der Waals surface area contributed by atoms with Gasteiger partial charge >= 0.3 is 0 Å². The minimum Gasteiger partial charge on any atom is -0.368 e. The zero-order chi connectivity index (χ0) is 21.3.